The Balaban J connectivity index is 1.32. The third-order valence-corrected chi connectivity index (χ3v) is 10.3. The Morgan fingerprint density at radius 1 is 0.972 bits per heavy atom. The molecule has 0 unspecified atom stereocenters. The Morgan fingerprint density at radius 3 is 2.25 bits per heavy atom. The van der Waals surface area contributed by atoms with E-state index in [9.17, 15) is 13.2 Å². The lowest BCUT2D eigenvalue weighted by Gasteiger charge is -2.35. The van der Waals surface area contributed by atoms with Gasteiger partial charge in [-0.2, -0.15) is 0 Å². The zero-order valence-corrected chi connectivity index (χ0v) is 21.0. The van der Waals surface area contributed by atoms with Crippen molar-refractivity contribution in [3.05, 3.63) is 78.9 Å². The molecule has 0 saturated carbocycles. The molecule has 1 fully saturated rings. The number of benzene rings is 3. The molecule has 1 aliphatic rings. The van der Waals surface area contributed by atoms with Crippen LogP contribution in [0.4, 0.5) is 0 Å². The predicted molar refractivity (Wildman–Crippen MR) is 138 cm³/mol. The highest BCUT2D eigenvalue weighted by molar-refractivity contribution is 7.92. The second-order valence-electron chi connectivity index (χ2n) is 8.76. The number of thiophene rings is 1. The first kappa shape index (κ1) is 24.5. The molecular formula is C27H25NO6S2. The zero-order valence-electron chi connectivity index (χ0n) is 19.3. The van der Waals surface area contributed by atoms with E-state index in [1.54, 1.807) is 28.9 Å². The third-order valence-electron chi connectivity index (χ3n) is 6.52. The maximum atomic E-state index is 13.5. The van der Waals surface area contributed by atoms with Gasteiger partial charge in [0.25, 0.3) is 0 Å². The van der Waals surface area contributed by atoms with E-state index < -0.39 is 20.5 Å². The van der Waals surface area contributed by atoms with Crippen molar-refractivity contribution in [2.24, 2.45) is 0 Å². The number of ether oxygens (including phenoxy) is 2. The van der Waals surface area contributed by atoms with E-state index in [-0.39, 0.29) is 37.4 Å². The molecule has 0 aliphatic carbocycles. The van der Waals surface area contributed by atoms with Gasteiger partial charge in [-0.3, -0.25) is 10.0 Å². The van der Waals surface area contributed by atoms with Gasteiger partial charge in [0.2, 0.25) is 5.91 Å². The van der Waals surface area contributed by atoms with Crippen LogP contribution in [0.25, 0.3) is 20.5 Å². The summed E-state index contributed by atoms with van der Waals surface area (Å²) in [6, 6.07) is 24.4. The summed E-state index contributed by atoms with van der Waals surface area (Å²) >= 11 is 1.74. The highest BCUT2D eigenvalue weighted by Crippen LogP contribution is 2.39. The highest BCUT2D eigenvalue weighted by Gasteiger charge is 2.47. The number of fused-ring (bicyclic) bond motifs is 1. The van der Waals surface area contributed by atoms with Gasteiger partial charge in [0.15, 0.2) is 9.84 Å². The first-order valence-corrected chi connectivity index (χ1v) is 13.8. The fourth-order valence-corrected chi connectivity index (χ4v) is 7.59. The van der Waals surface area contributed by atoms with Crippen LogP contribution in [-0.2, 0) is 19.4 Å². The quantitative estimate of drug-likeness (QED) is 0.242. The number of rotatable bonds is 7. The van der Waals surface area contributed by atoms with E-state index in [0.717, 1.165) is 5.56 Å². The Kier molecular flexibility index (Phi) is 6.81. The minimum Gasteiger partial charge on any atom is -0.457 e. The molecule has 0 radical (unpaired) electrons. The van der Waals surface area contributed by atoms with Gasteiger partial charge in [0.1, 0.15) is 11.5 Å². The fourth-order valence-electron chi connectivity index (χ4n) is 4.50. The normalized spacial score (nSPS) is 15.5. The number of hydroxylamine groups is 1. The summed E-state index contributed by atoms with van der Waals surface area (Å²) in [5.74, 6) is 0.396. The predicted octanol–water partition coefficient (Wildman–Crippen LogP) is 5.58. The van der Waals surface area contributed by atoms with Crippen LogP contribution in [0.15, 0.2) is 83.8 Å². The average molecular weight is 524 g/mol. The fraction of sp³-hybridized carbons (Fsp3) is 0.222. The van der Waals surface area contributed by atoms with Crippen LogP contribution in [0.1, 0.15) is 19.3 Å². The molecule has 186 valence electrons. The highest BCUT2D eigenvalue weighted by atomic mass is 32.2. The van der Waals surface area contributed by atoms with Crippen LogP contribution in [0.5, 0.6) is 11.5 Å². The molecule has 0 spiro atoms. The molecule has 7 nitrogen and oxygen atoms in total. The number of nitrogens with one attached hydrogen (secondary N) is 1. The van der Waals surface area contributed by atoms with E-state index in [1.807, 2.05) is 36.4 Å². The first-order valence-electron chi connectivity index (χ1n) is 11.5. The minimum atomic E-state index is -3.87. The minimum absolute atomic E-state index is 0.0996. The second kappa shape index (κ2) is 10.0. The summed E-state index contributed by atoms with van der Waals surface area (Å²) in [4.78, 5) is 13.2. The standard InChI is InChI=1S/C27H25NO6S2/c29-26(28-30)18-27(13-15-33-16-14-27)36(31,32)23-11-9-22(10-12-23)34-21-7-5-19(6-8-21)25-17-20-3-1-2-4-24(20)35-25/h1-12,17,30H,13-16,18H2,(H,28,29). The van der Waals surface area contributed by atoms with Gasteiger partial charge in [-0.1, -0.05) is 18.2 Å². The topological polar surface area (TPSA) is 102 Å². The van der Waals surface area contributed by atoms with Gasteiger partial charge < -0.3 is 9.47 Å². The van der Waals surface area contributed by atoms with Crippen molar-refractivity contribution in [1.29, 1.82) is 0 Å². The van der Waals surface area contributed by atoms with Crippen LogP contribution in [0.2, 0.25) is 0 Å². The number of hydrogen-bond acceptors (Lipinski definition) is 7. The molecule has 2 N–H and O–H groups in total. The number of hydrogen-bond donors (Lipinski definition) is 2. The Labute approximate surface area is 213 Å². The van der Waals surface area contributed by atoms with Gasteiger partial charge in [0.05, 0.1) is 9.64 Å². The first-order chi connectivity index (χ1) is 17.4. The second-order valence-corrected chi connectivity index (χ2v) is 12.2. The van der Waals surface area contributed by atoms with E-state index in [1.165, 1.54) is 27.1 Å². The van der Waals surface area contributed by atoms with E-state index in [0.29, 0.717) is 11.5 Å². The van der Waals surface area contributed by atoms with Crippen LogP contribution in [0, 0.1) is 0 Å². The Hall–Kier alpha value is -3.24. The summed E-state index contributed by atoms with van der Waals surface area (Å²) in [6.07, 6.45) is 0.0138. The third kappa shape index (κ3) is 4.75. The van der Waals surface area contributed by atoms with Gasteiger partial charge in [-0.25, -0.2) is 13.9 Å². The Morgan fingerprint density at radius 2 is 1.61 bits per heavy atom. The van der Waals surface area contributed by atoms with Crippen molar-refractivity contribution in [2.75, 3.05) is 13.2 Å². The van der Waals surface area contributed by atoms with Gasteiger partial charge in [-0.15, -0.1) is 11.3 Å². The molecule has 36 heavy (non-hydrogen) atoms. The van der Waals surface area contributed by atoms with Crippen molar-refractivity contribution in [3.8, 4) is 21.9 Å². The number of amides is 1. The van der Waals surface area contributed by atoms with Gasteiger partial charge in [0, 0.05) is 29.2 Å². The van der Waals surface area contributed by atoms with E-state index in [2.05, 4.69) is 18.2 Å². The van der Waals surface area contributed by atoms with Gasteiger partial charge in [-0.05, 0) is 84.5 Å². The van der Waals surface area contributed by atoms with Crippen LogP contribution < -0.4 is 10.2 Å². The van der Waals surface area contributed by atoms with Gasteiger partial charge >= 0.3 is 0 Å². The van der Waals surface area contributed by atoms with E-state index in [4.69, 9.17) is 14.7 Å². The maximum Gasteiger partial charge on any atom is 0.244 e. The van der Waals surface area contributed by atoms with Crippen molar-refractivity contribution < 1.29 is 27.9 Å². The smallest absolute Gasteiger partial charge is 0.244 e. The molecule has 1 saturated heterocycles. The molecule has 1 aliphatic heterocycles. The molecular weight excluding hydrogens is 498 g/mol. The molecule has 1 amide bonds. The summed E-state index contributed by atoms with van der Waals surface area (Å²) in [6.45, 7) is 0.466. The average Bonchev–Trinajstić information content (AvgIpc) is 3.34. The molecule has 0 atom stereocenters. The van der Waals surface area contributed by atoms with Crippen LogP contribution >= 0.6 is 11.3 Å². The summed E-state index contributed by atoms with van der Waals surface area (Å²) in [5.41, 5.74) is 2.65. The zero-order chi connectivity index (χ0) is 25.2. The van der Waals surface area contributed by atoms with E-state index >= 15 is 0 Å². The summed E-state index contributed by atoms with van der Waals surface area (Å²) in [7, 11) is -3.87. The molecule has 9 heteroatoms. The molecule has 0 bridgehead atoms. The van der Waals surface area contributed by atoms with Crippen LogP contribution in [0.3, 0.4) is 0 Å². The molecule has 5 rings (SSSR count). The number of sulfone groups is 1. The lowest BCUT2D eigenvalue weighted by atomic mass is 9.95. The summed E-state index contributed by atoms with van der Waals surface area (Å²) in [5, 5.41) is 10.2. The maximum absolute atomic E-state index is 13.5. The number of carbonyl (C=O) groups excluding carboxylic acids is 1. The van der Waals surface area contributed by atoms with Crippen molar-refractivity contribution in [3.63, 3.8) is 0 Å². The largest absolute Gasteiger partial charge is 0.457 e. The Bertz CT molecular complexity index is 1440. The monoisotopic (exact) mass is 523 g/mol. The van der Waals surface area contributed by atoms with Crippen molar-refractivity contribution in [1.82, 2.24) is 5.48 Å². The number of carbonyl (C=O) groups is 1. The lowest BCUT2D eigenvalue weighted by molar-refractivity contribution is -0.130. The van der Waals surface area contributed by atoms with Crippen molar-refractivity contribution in [2.45, 2.75) is 28.9 Å². The molecule has 3 aromatic carbocycles. The lowest BCUT2D eigenvalue weighted by Crippen LogP contribution is -2.47. The summed E-state index contributed by atoms with van der Waals surface area (Å²) < 4.78 is 38.2. The molecule has 4 aromatic rings. The molecule has 1 aromatic heterocycles. The van der Waals surface area contributed by atoms with Crippen LogP contribution in [-0.4, -0.2) is 37.5 Å². The molecule has 2 heterocycles. The SMILES string of the molecule is O=C(CC1(S(=O)(=O)c2ccc(Oc3ccc(-c4cc5ccccc5s4)cc3)cc2)CCOCC1)NO. The van der Waals surface area contributed by atoms with Crippen molar-refractivity contribution >= 4 is 37.2 Å².